The van der Waals surface area contributed by atoms with E-state index in [0.29, 0.717) is 0 Å². The molecule has 0 spiro atoms. The molecule has 0 aliphatic heterocycles. The van der Waals surface area contributed by atoms with E-state index in [1.165, 1.54) is 18.2 Å². The van der Waals surface area contributed by atoms with Crippen LogP contribution >= 0.6 is 0 Å². The number of esters is 1. The number of ether oxygens (including phenoxy) is 1. The Labute approximate surface area is 91.8 Å². The molecule has 0 radical (unpaired) electrons. The minimum absolute atomic E-state index is 0.105. The third kappa shape index (κ3) is 2.51. The normalized spacial score (nSPS) is 10.6. The lowest BCUT2D eigenvalue weighted by Crippen LogP contribution is -2.02. The highest BCUT2D eigenvalue weighted by Crippen LogP contribution is 2.24. The molecule has 0 aliphatic carbocycles. The van der Waals surface area contributed by atoms with Gasteiger partial charge in [0.15, 0.2) is 0 Å². The average molecular weight is 219 g/mol. The summed E-state index contributed by atoms with van der Waals surface area (Å²) >= 11 is 0. The van der Waals surface area contributed by atoms with Crippen molar-refractivity contribution in [3.8, 4) is 17.6 Å². The highest BCUT2D eigenvalue weighted by molar-refractivity contribution is 5.98. The summed E-state index contributed by atoms with van der Waals surface area (Å²) in [4.78, 5) is 11.1. The molecule has 0 fully saturated rings. The molecule has 0 saturated heterocycles. The van der Waals surface area contributed by atoms with Gasteiger partial charge in [0.2, 0.25) is 0 Å². The second kappa shape index (κ2) is 4.84. The molecule has 16 heavy (non-hydrogen) atoms. The van der Waals surface area contributed by atoms with Gasteiger partial charge in [0, 0.05) is 11.6 Å². The van der Waals surface area contributed by atoms with Gasteiger partial charge < -0.3 is 14.9 Å². The van der Waals surface area contributed by atoms with Crippen LogP contribution in [0.4, 0.5) is 0 Å². The second-order valence-corrected chi connectivity index (χ2v) is 2.90. The number of nitrogens with zero attached hydrogens (tertiary/aromatic N) is 1. The molecule has 0 heterocycles. The van der Waals surface area contributed by atoms with Crippen molar-refractivity contribution >= 4 is 12.0 Å². The van der Waals surface area contributed by atoms with Crippen LogP contribution in [0.15, 0.2) is 23.8 Å². The number of benzene rings is 1. The lowest BCUT2D eigenvalue weighted by molar-refractivity contribution is -0.135. The van der Waals surface area contributed by atoms with Crippen molar-refractivity contribution in [3.05, 3.63) is 29.3 Å². The van der Waals surface area contributed by atoms with E-state index in [9.17, 15) is 9.90 Å². The van der Waals surface area contributed by atoms with Gasteiger partial charge in [-0.1, -0.05) is 0 Å². The van der Waals surface area contributed by atoms with Crippen molar-refractivity contribution in [2.75, 3.05) is 7.11 Å². The average Bonchev–Trinajstić information content (AvgIpc) is 2.27. The fourth-order valence-electron chi connectivity index (χ4n) is 1.06. The van der Waals surface area contributed by atoms with Gasteiger partial charge in [-0.05, 0) is 18.2 Å². The number of rotatable bonds is 2. The first kappa shape index (κ1) is 11.6. The number of aromatic hydroxyl groups is 2. The molecule has 1 aromatic carbocycles. The maximum atomic E-state index is 11.1. The molecule has 2 N–H and O–H groups in total. The number of hydrogen-bond acceptors (Lipinski definition) is 5. The maximum absolute atomic E-state index is 11.1. The molecular formula is C11H9NO4. The van der Waals surface area contributed by atoms with E-state index in [-0.39, 0.29) is 22.6 Å². The Bertz CT molecular complexity index is 485. The minimum Gasteiger partial charge on any atom is -0.508 e. The van der Waals surface area contributed by atoms with Gasteiger partial charge in [0.1, 0.15) is 23.1 Å². The fraction of sp³-hybridized carbons (Fsp3) is 0.0909. The lowest BCUT2D eigenvalue weighted by Gasteiger charge is -2.00. The summed E-state index contributed by atoms with van der Waals surface area (Å²) in [7, 11) is 1.16. The third-order valence-corrected chi connectivity index (χ3v) is 1.84. The van der Waals surface area contributed by atoms with Crippen LogP contribution in [0.5, 0.6) is 11.5 Å². The molecule has 0 saturated carbocycles. The molecule has 5 nitrogen and oxygen atoms in total. The van der Waals surface area contributed by atoms with Crippen LogP contribution in [0.2, 0.25) is 0 Å². The molecule has 0 atom stereocenters. The fourth-order valence-corrected chi connectivity index (χ4v) is 1.06. The predicted octanol–water partition coefficient (Wildman–Crippen LogP) is 1.18. The van der Waals surface area contributed by atoms with Gasteiger partial charge in [0.25, 0.3) is 0 Å². The largest absolute Gasteiger partial charge is 0.508 e. The molecule has 0 bridgehead atoms. The summed E-state index contributed by atoms with van der Waals surface area (Å²) in [5.41, 5.74) is 0.0169. The zero-order valence-electron chi connectivity index (χ0n) is 8.47. The van der Waals surface area contributed by atoms with Crippen LogP contribution in [-0.2, 0) is 9.53 Å². The second-order valence-electron chi connectivity index (χ2n) is 2.90. The monoisotopic (exact) mass is 219 g/mol. The topological polar surface area (TPSA) is 90.6 Å². The van der Waals surface area contributed by atoms with Crippen LogP contribution in [0.25, 0.3) is 6.08 Å². The number of phenolic OH excluding ortho intramolecular Hbond substituents is 2. The summed E-state index contributed by atoms with van der Waals surface area (Å²) in [6.07, 6.45) is 1.18. The van der Waals surface area contributed by atoms with Crippen molar-refractivity contribution in [3.63, 3.8) is 0 Å². The molecule has 0 unspecified atom stereocenters. The molecule has 0 amide bonds. The lowest BCUT2D eigenvalue weighted by atomic mass is 10.1. The standard InChI is InChI=1S/C11H9NO4/c1-16-11(15)8(6-12)4-7-2-3-9(13)5-10(7)14/h2-5,13-14H,1H3. The Morgan fingerprint density at radius 3 is 2.69 bits per heavy atom. The van der Waals surface area contributed by atoms with E-state index in [4.69, 9.17) is 10.4 Å². The van der Waals surface area contributed by atoms with E-state index >= 15 is 0 Å². The van der Waals surface area contributed by atoms with Gasteiger partial charge in [-0.15, -0.1) is 0 Å². The zero-order chi connectivity index (χ0) is 12.1. The first-order valence-electron chi connectivity index (χ1n) is 4.30. The number of methoxy groups -OCH3 is 1. The Hall–Kier alpha value is -2.48. The highest BCUT2D eigenvalue weighted by Gasteiger charge is 2.10. The number of carbonyl (C=O) groups is 1. The van der Waals surface area contributed by atoms with Crippen LogP contribution in [0.3, 0.4) is 0 Å². The molecule has 0 aromatic heterocycles. The molecule has 5 heteroatoms. The van der Waals surface area contributed by atoms with E-state index in [2.05, 4.69) is 4.74 Å². The summed E-state index contributed by atoms with van der Waals surface area (Å²) in [5.74, 6) is -1.11. The SMILES string of the molecule is COC(=O)C(C#N)=Cc1ccc(O)cc1O. The summed E-state index contributed by atoms with van der Waals surface area (Å²) in [6, 6.07) is 5.48. The van der Waals surface area contributed by atoms with Crippen LogP contribution in [0, 0.1) is 11.3 Å². The predicted molar refractivity (Wildman–Crippen MR) is 55.4 cm³/mol. The Balaban J connectivity index is 3.15. The van der Waals surface area contributed by atoms with Crippen LogP contribution in [0.1, 0.15) is 5.56 Å². The quantitative estimate of drug-likeness (QED) is 0.442. The van der Waals surface area contributed by atoms with Crippen LogP contribution in [-0.4, -0.2) is 23.3 Å². The van der Waals surface area contributed by atoms with E-state index < -0.39 is 5.97 Å². The maximum Gasteiger partial charge on any atom is 0.348 e. The Morgan fingerprint density at radius 1 is 1.50 bits per heavy atom. The summed E-state index contributed by atoms with van der Waals surface area (Å²) < 4.78 is 4.38. The van der Waals surface area contributed by atoms with E-state index in [0.717, 1.165) is 13.2 Å². The van der Waals surface area contributed by atoms with Gasteiger partial charge in [-0.2, -0.15) is 5.26 Å². The number of carbonyl (C=O) groups excluding carboxylic acids is 1. The zero-order valence-corrected chi connectivity index (χ0v) is 8.47. The molecule has 82 valence electrons. The molecular weight excluding hydrogens is 210 g/mol. The number of nitriles is 1. The first-order chi connectivity index (χ1) is 7.58. The van der Waals surface area contributed by atoms with E-state index in [1.54, 1.807) is 6.07 Å². The highest BCUT2D eigenvalue weighted by atomic mass is 16.5. The van der Waals surface area contributed by atoms with Crippen molar-refractivity contribution in [1.29, 1.82) is 5.26 Å². The van der Waals surface area contributed by atoms with Gasteiger partial charge >= 0.3 is 5.97 Å². The molecule has 0 aliphatic rings. The Morgan fingerprint density at radius 2 is 2.19 bits per heavy atom. The summed E-state index contributed by atoms with van der Waals surface area (Å²) in [5, 5.41) is 27.2. The van der Waals surface area contributed by atoms with Crippen molar-refractivity contribution in [2.45, 2.75) is 0 Å². The van der Waals surface area contributed by atoms with Crippen molar-refractivity contribution in [1.82, 2.24) is 0 Å². The molecule has 1 aromatic rings. The number of hydrogen-bond donors (Lipinski definition) is 2. The Kier molecular flexibility index (Phi) is 3.51. The van der Waals surface area contributed by atoms with E-state index in [1.807, 2.05) is 0 Å². The first-order valence-corrected chi connectivity index (χ1v) is 4.30. The van der Waals surface area contributed by atoms with Crippen molar-refractivity contribution < 1.29 is 19.7 Å². The third-order valence-electron chi connectivity index (χ3n) is 1.84. The smallest absolute Gasteiger partial charge is 0.348 e. The summed E-state index contributed by atoms with van der Waals surface area (Å²) in [6.45, 7) is 0. The van der Waals surface area contributed by atoms with Gasteiger partial charge in [-0.25, -0.2) is 4.79 Å². The van der Waals surface area contributed by atoms with Crippen LogP contribution < -0.4 is 0 Å². The number of phenols is 2. The van der Waals surface area contributed by atoms with Gasteiger partial charge in [0.05, 0.1) is 7.11 Å². The van der Waals surface area contributed by atoms with Crippen molar-refractivity contribution in [2.24, 2.45) is 0 Å². The minimum atomic E-state index is -0.782. The van der Waals surface area contributed by atoms with Gasteiger partial charge in [-0.3, -0.25) is 0 Å². The molecule has 1 rings (SSSR count).